The zero-order valence-electron chi connectivity index (χ0n) is 12.8. The molecule has 0 saturated heterocycles. The number of hydrogen-bond acceptors (Lipinski definition) is 4. The van der Waals surface area contributed by atoms with Gasteiger partial charge in [-0.15, -0.1) is 0 Å². The van der Waals surface area contributed by atoms with E-state index in [1.165, 1.54) is 16.8 Å². The van der Waals surface area contributed by atoms with Crippen LogP contribution in [0.15, 0.2) is 59.6 Å². The number of nitrogens with zero attached hydrogens (tertiary/aromatic N) is 2. The van der Waals surface area contributed by atoms with Crippen LogP contribution in [0.25, 0.3) is 0 Å². The van der Waals surface area contributed by atoms with Gasteiger partial charge in [-0.2, -0.15) is 0 Å². The first-order valence-electron chi connectivity index (χ1n) is 7.52. The molecule has 0 aliphatic carbocycles. The molecule has 22 heavy (non-hydrogen) atoms. The van der Waals surface area contributed by atoms with E-state index < -0.39 is 0 Å². The van der Waals surface area contributed by atoms with E-state index in [-0.39, 0.29) is 6.04 Å². The third-order valence-electron chi connectivity index (χ3n) is 3.78. The third-order valence-corrected chi connectivity index (χ3v) is 3.78. The van der Waals surface area contributed by atoms with Crippen LogP contribution in [0.4, 0.5) is 5.69 Å². The molecule has 0 amide bonds. The maximum Gasteiger partial charge on any atom is 0.282 e. The quantitative estimate of drug-likeness (QED) is 0.922. The topological polar surface area (TPSA) is 50.9 Å². The highest BCUT2D eigenvalue weighted by atomic mass is 16.5. The lowest BCUT2D eigenvalue weighted by molar-refractivity contribution is 0.313. The van der Waals surface area contributed by atoms with Gasteiger partial charge in [-0.3, -0.25) is 0 Å². The van der Waals surface area contributed by atoms with Crippen molar-refractivity contribution in [3.63, 3.8) is 0 Å². The number of aryl methyl sites for hydroxylation is 1. The smallest absolute Gasteiger partial charge is 0.282 e. The van der Waals surface area contributed by atoms with Gasteiger partial charge in [0.1, 0.15) is 12.6 Å². The van der Waals surface area contributed by atoms with Gasteiger partial charge in [0.15, 0.2) is 0 Å². The number of aliphatic imine (C=N–C) groups is 1. The first-order valence-corrected chi connectivity index (χ1v) is 7.52. The maximum absolute atomic E-state index is 5.62. The number of ether oxygens (including phenoxy) is 1. The lowest BCUT2D eigenvalue weighted by Crippen LogP contribution is -2.32. The summed E-state index contributed by atoms with van der Waals surface area (Å²) in [5, 5.41) is 0. The summed E-state index contributed by atoms with van der Waals surface area (Å²) in [5.41, 5.74) is 9.35. The third kappa shape index (κ3) is 3.58. The van der Waals surface area contributed by atoms with Gasteiger partial charge >= 0.3 is 0 Å². The number of anilines is 1. The van der Waals surface area contributed by atoms with Crippen LogP contribution >= 0.6 is 0 Å². The molecule has 0 unspecified atom stereocenters. The minimum atomic E-state index is 0.0880. The Balaban J connectivity index is 1.80. The van der Waals surface area contributed by atoms with Crippen molar-refractivity contribution < 1.29 is 4.74 Å². The molecule has 1 aliphatic heterocycles. The van der Waals surface area contributed by atoms with Crippen LogP contribution in [0.2, 0.25) is 0 Å². The lowest BCUT2D eigenvalue weighted by atomic mass is 10.1. The predicted molar refractivity (Wildman–Crippen MR) is 90.0 cm³/mol. The molecule has 1 heterocycles. The first-order chi connectivity index (χ1) is 10.7. The average molecular weight is 295 g/mol. The number of benzene rings is 2. The van der Waals surface area contributed by atoms with E-state index in [0.29, 0.717) is 12.6 Å². The Morgan fingerprint density at radius 3 is 2.50 bits per heavy atom. The van der Waals surface area contributed by atoms with Crippen molar-refractivity contribution in [2.75, 3.05) is 18.1 Å². The molecule has 0 radical (unpaired) electrons. The number of hydrogen-bond donors (Lipinski definition) is 1. The van der Waals surface area contributed by atoms with Gasteiger partial charge in [0.2, 0.25) is 0 Å². The molecular weight excluding hydrogens is 274 g/mol. The monoisotopic (exact) mass is 295 g/mol. The van der Waals surface area contributed by atoms with Crippen molar-refractivity contribution in [1.29, 1.82) is 0 Å². The predicted octanol–water partition coefficient (Wildman–Crippen LogP) is 2.72. The summed E-state index contributed by atoms with van der Waals surface area (Å²) in [6.07, 6.45) is 0. The molecule has 1 aliphatic rings. The Morgan fingerprint density at radius 1 is 1.14 bits per heavy atom. The van der Waals surface area contributed by atoms with Crippen LogP contribution in [0.1, 0.15) is 11.1 Å². The van der Waals surface area contributed by atoms with Crippen LogP contribution in [0.3, 0.4) is 0 Å². The summed E-state index contributed by atoms with van der Waals surface area (Å²) < 4.78 is 5.27. The average Bonchev–Trinajstić information content (AvgIpc) is 2.94. The van der Waals surface area contributed by atoms with E-state index in [9.17, 15) is 0 Å². The van der Waals surface area contributed by atoms with Crippen LogP contribution < -0.4 is 10.6 Å². The highest BCUT2D eigenvalue weighted by molar-refractivity contribution is 5.73. The fourth-order valence-corrected chi connectivity index (χ4v) is 2.60. The Morgan fingerprint density at radius 2 is 1.86 bits per heavy atom. The zero-order valence-corrected chi connectivity index (χ0v) is 12.8. The highest BCUT2D eigenvalue weighted by Gasteiger charge is 2.20. The summed E-state index contributed by atoms with van der Waals surface area (Å²) in [7, 11) is 0. The summed E-state index contributed by atoms with van der Waals surface area (Å²) in [5.74, 6) is 0. The van der Waals surface area contributed by atoms with Crippen LogP contribution in [-0.2, 0) is 11.3 Å². The Labute approximate surface area is 131 Å². The lowest BCUT2D eigenvalue weighted by Gasteiger charge is -2.26. The van der Waals surface area contributed by atoms with Gasteiger partial charge in [-0.1, -0.05) is 48.0 Å². The second-order valence-electron chi connectivity index (χ2n) is 5.63. The summed E-state index contributed by atoms with van der Waals surface area (Å²) >= 11 is 0. The minimum absolute atomic E-state index is 0.0880. The largest absolute Gasteiger partial charge is 0.463 e. The van der Waals surface area contributed by atoms with Crippen molar-refractivity contribution in [3.8, 4) is 0 Å². The molecule has 2 aromatic carbocycles. The Kier molecular flexibility index (Phi) is 4.28. The fourth-order valence-electron chi connectivity index (χ4n) is 2.60. The summed E-state index contributed by atoms with van der Waals surface area (Å²) in [6.45, 7) is 4.29. The van der Waals surface area contributed by atoms with Crippen molar-refractivity contribution >= 4 is 11.7 Å². The summed E-state index contributed by atoms with van der Waals surface area (Å²) in [4.78, 5) is 6.67. The van der Waals surface area contributed by atoms with Crippen molar-refractivity contribution in [2.24, 2.45) is 10.7 Å². The van der Waals surface area contributed by atoms with E-state index in [0.717, 1.165) is 13.1 Å². The Hall–Kier alpha value is -2.49. The highest BCUT2D eigenvalue weighted by Crippen LogP contribution is 2.20. The molecule has 4 heteroatoms. The molecule has 0 saturated carbocycles. The van der Waals surface area contributed by atoms with E-state index in [2.05, 4.69) is 65.3 Å². The van der Waals surface area contributed by atoms with Crippen LogP contribution in [0.5, 0.6) is 0 Å². The normalized spacial score (nSPS) is 17.0. The Bertz CT molecular complexity index is 637. The number of amidine groups is 1. The molecule has 2 aromatic rings. The molecule has 3 rings (SSSR count). The van der Waals surface area contributed by atoms with E-state index in [1.54, 1.807) is 0 Å². The van der Waals surface area contributed by atoms with Gasteiger partial charge in [-0.25, -0.2) is 4.99 Å². The van der Waals surface area contributed by atoms with E-state index in [1.807, 2.05) is 6.07 Å². The first kappa shape index (κ1) is 14.4. The molecular formula is C18H21N3O. The SMILES string of the molecule is Cc1ccc(N(Cc2ccccc2)C[C@H]2COC(N)=N2)cc1. The van der Waals surface area contributed by atoms with Crippen LogP contribution in [0, 0.1) is 6.92 Å². The molecule has 0 fully saturated rings. The summed E-state index contributed by atoms with van der Waals surface area (Å²) in [6, 6.07) is 19.4. The van der Waals surface area contributed by atoms with Crippen molar-refractivity contribution in [2.45, 2.75) is 19.5 Å². The second kappa shape index (κ2) is 6.52. The molecule has 0 aromatic heterocycles. The zero-order chi connectivity index (χ0) is 15.4. The number of nitrogens with two attached hydrogens (primary N) is 1. The van der Waals surface area contributed by atoms with Crippen molar-refractivity contribution in [1.82, 2.24) is 0 Å². The molecule has 1 atom stereocenters. The van der Waals surface area contributed by atoms with Gasteiger partial charge in [0.05, 0.1) is 0 Å². The minimum Gasteiger partial charge on any atom is -0.463 e. The molecule has 0 bridgehead atoms. The standard InChI is InChI=1S/C18H21N3O/c1-14-7-9-17(10-8-14)21(11-15-5-3-2-4-6-15)12-16-13-22-18(19)20-16/h2-10,16H,11-13H2,1H3,(H2,19,20)/t16-/m0/s1. The molecule has 0 spiro atoms. The van der Waals surface area contributed by atoms with Gasteiger partial charge in [-0.05, 0) is 24.6 Å². The van der Waals surface area contributed by atoms with E-state index in [4.69, 9.17) is 10.5 Å². The molecule has 114 valence electrons. The van der Waals surface area contributed by atoms with Crippen LogP contribution in [-0.4, -0.2) is 25.2 Å². The maximum atomic E-state index is 5.62. The van der Waals surface area contributed by atoms with Gasteiger partial charge < -0.3 is 15.4 Å². The molecule has 2 N–H and O–H groups in total. The number of rotatable bonds is 5. The second-order valence-corrected chi connectivity index (χ2v) is 5.63. The molecule has 4 nitrogen and oxygen atoms in total. The van der Waals surface area contributed by atoms with E-state index >= 15 is 0 Å². The van der Waals surface area contributed by atoms with Crippen molar-refractivity contribution in [3.05, 3.63) is 65.7 Å². The van der Waals surface area contributed by atoms with Gasteiger partial charge in [0.25, 0.3) is 6.02 Å². The fraction of sp³-hybridized carbons (Fsp3) is 0.278. The van der Waals surface area contributed by atoms with Gasteiger partial charge in [0, 0.05) is 18.8 Å².